The lowest BCUT2D eigenvalue weighted by atomic mass is 10.4. The Bertz CT molecular complexity index is 689. The van der Waals surface area contributed by atoms with Gasteiger partial charge in [-0.25, -0.2) is 9.55 Å². The maximum Gasteiger partial charge on any atom is 0.342 e. The minimum Gasteiger partial charge on any atom is -0.358 e. The van der Waals surface area contributed by atoms with Gasteiger partial charge in [-0.3, -0.25) is 4.79 Å². The highest BCUT2D eigenvalue weighted by Crippen LogP contribution is 2.30. The Morgan fingerprint density at radius 1 is 1.45 bits per heavy atom. The normalized spacial score (nSPS) is 20.6. The fraction of sp³-hybridized carbons (Fsp3) is 0.417. The second-order valence-electron chi connectivity index (χ2n) is 4.84. The highest BCUT2D eigenvalue weighted by molar-refractivity contribution is 8.18. The average molecular weight is 322 g/mol. The molecule has 0 spiro atoms. The predicted molar refractivity (Wildman–Crippen MR) is 82.3 cm³/mol. The summed E-state index contributed by atoms with van der Waals surface area (Å²) in [5.41, 5.74) is 0. The van der Waals surface area contributed by atoms with Gasteiger partial charge in [0.1, 0.15) is 6.20 Å². The summed E-state index contributed by atoms with van der Waals surface area (Å²) in [5.74, 6) is -0.0889. The molecule has 0 unspecified atom stereocenters. The third-order valence-corrected chi connectivity index (χ3v) is 4.49. The maximum atomic E-state index is 12.0. The molecule has 1 N–H and O–H groups in total. The fourth-order valence-corrected chi connectivity index (χ4v) is 3.16. The van der Waals surface area contributed by atoms with Crippen molar-refractivity contribution in [1.82, 2.24) is 19.8 Å². The molecule has 10 heteroatoms. The highest BCUT2D eigenvalue weighted by Gasteiger charge is 2.28. The molecular formula is C12H14N6O3S. The monoisotopic (exact) mass is 322 g/mol. The van der Waals surface area contributed by atoms with Gasteiger partial charge in [-0.05, 0) is 16.7 Å². The van der Waals surface area contributed by atoms with Crippen LogP contribution in [-0.2, 0) is 11.8 Å². The molecule has 1 aromatic rings. The summed E-state index contributed by atoms with van der Waals surface area (Å²) in [5, 5.41) is 14.7. The summed E-state index contributed by atoms with van der Waals surface area (Å²) in [7, 11) is 1.54. The Balaban J connectivity index is 1.79. The van der Waals surface area contributed by atoms with E-state index in [0.29, 0.717) is 15.9 Å². The number of amides is 1. The number of nitrogens with zero attached hydrogens (tertiary/aromatic N) is 5. The molecule has 9 nitrogen and oxygen atoms in total. The summed E-state index contributed by atoms with van der Waals surface area (Å²) >= 11 is 1.28. The first-order chi connectivity index (χ1) is 10.6. The van der Waals surface area contributed by atoms with Crippen molar-refractivity contribution >= 4 is 34.7 Å². The molecule has 3 heterocycles. The summed E-state index contributed by atoms with van der Waals surface area (Å²) < 4.78 is 1.34. The third kappa shape index (κ3) is 2.74. The lowest BCUT2D eigenvalue weighted by Gasteiger charge is -2.27. The number of carbonyl (C=O) groups excluding carboxylic acids is 1. The van der Waals surface area contributed by atoms with E-state index in [-0.39, 0.29) is 11.7 Å². The number of hydrogen-bond acceptors (Lipinski definition) is 7. The molecule has 1 saturated heterocycles. The first-order valence-corrected chi connectivity index (χ1v) is 7.52. The third-order valence-electron chi connectivity index (χ3n) is 3.44. The topological polar surface area (TPSA) is 106 Å². The number of aliphatic imine (C=N–C) groups is 1. The van der Waals surface area contributed by atoms with Crippen LogP contribution < -0.4 is 5.32 Å². The van der Waals surface area contributed by atoms with E-state index in [0.717, 1.165) is 26.2 Å². The van der Waals surface area contributed by atoms with Crippen molar-refractivity contribution in [1.29, 1.82) is 0 Å². The molecule has 0 aromatic carbocycles. The number of hydrogen-bond donors (Lipinski definition) is 1. The first kappa shape index (κ1) is 14.7. The molecule has 116 valence electrons. The largest absolute Gasteiger partial charge is 0.358 e. The van der Waals surface area contributed by atoms with E-state index in [4.69, 9.17) is 0 Å². The van der Waals surface area contributed by atoms with Crippen molar-refractivity contribution in [3.8, 4) is 0 Å². The van der Waals surface area contributed by atoms with E-state index in [9.17, 15) is 14.9 Å². The van der Waals surface area contributed by atoms with Crippen LogP contribution in [0.15, 0.2) is 16.1 Å². The van der Waals surface area contributed by atoms with Crippen LogP contribution in [0.5, 0.6) is 0 Å². The fourth-order valence-electron chi connectivity index (χ4n) is 2.22. The first-order valence-electron chi connectivity index (χ1n) is 6.70. The van der Waals surface area contributed by atoms with Crippen LogP contribution in [0.2, 0.25) is 0 Å². The van der Waals surface area contributed by atoms with Crippen LogP contribution in [0, 0.1) is 10.1 Å². The van der Waals surface area contributed by atoms with Gasteiger partial charge in [-0.1, -0.05) is 0 Å². The summed E-state index contributed by atoms with van der Waals surface area (Å²) in [6.45, 7) is 3.33. The summed E-state index contributed by atoms with van der Waals surface area (Å²) in [6.07, 6.45) is 2.72. The van der Waals surface area contributed by atoms with Crippen LogP contribution in [0.4, 0.5) is 5.82 Å². The number of rotatable bonds is 2. The van der Waals surface area contributed by atoms with Crippen LogP contribution >= 0.6 is 11.8 Å². The molecule has 1 fully saturated rings. The molecule has 0 bridgehead atoms. The quantitative estimate of drug-likeness (QED) is 0.471. The van der Waals surface area contributed by atoms with E-state index in [1.54, 1.807) is 13.1 Å². The van der Waals surface area contributed by atoms with E-state index in [1.165, 1.54) is 22.5 Å². The highest BCUT2D eigenvalue weighted by atomic mass is 32.2. The number of imidazole rings is 1. The number of thioether (sulfide) groups is 1. The Kier molecular flexibility index (Phi) is 3.94. The Morgan fingerprint density at radius 2 is 2.18 bits per heavy atom. The summed E-state index contributed by atoms with van der Waals surface area (Å²) in [4.78, 5) is 32.8. The van der Waals surface area contributed by atoms with E-state index in [2.05, 4.69) is 20.2 Å². The SMILES string of the molecule is Cn1c([N+](=O)[O-])cnc1C=C1SC(N2CCNCC2)=NC1=O. The lowest BCUT2D eigenvalue weighted by Crippen LogP contribution is -2.45. The van der Waals surface area contributed by atoms with Gasteiger partial charge in [0.2, 0.25) is 5.82 Å². The Morgan fingerprint density at radius 3 is 2.82 bits per heavy atom. The molecule has 2 aliphatic heterocycles. The van der Waals surface area contributed by atoms with Gasteiger partial charge in [0.25, 0.3) is 5.91 Å². The van der Waals surface area contributed by atoms with E-state index in [1.807, 2.05) is 0 Å². The second-order valence-corrected chi connectivity index (χ2v) is 5.85. The van der Waals surface area contributed by atoms with Gasteiger partial charge in [-0.15, -0.1) is 0 Å². The summed E-state index contributed by atoms with van der Waals surface area (Å²) in [6, 6.07) is 0. The lowest BCUT2D eigenvalue weighted by molar-refractivity contribution is -0.391. The standard InChI is InChI=1S/C12H14N6O3S/c1-16-9(14-7-10(16)18(20)21)6-8-11(19)15-12(22-8)17-4-2-13-3-5-17/h6-7,13H,2-5H2,1H3. The van der Waals surface area contributed by atoms with Crippen LogP contribution in [-0.4, -0.2) is 56.6 Å². The number of carbonyl (C=O) groups is 1. The van der Waals surface area contributed by atoms with Gasteiger partial charge in [0.05, 0.1) is 12.0 Å². The number of amidine groups is 1. The molecule has 0 saturated carbocycles. The van der Waals surface area contributed by atoms with Crippen LogP contribution in [0.3, 0.4) is 0 Å². The smallest absolute Gasteiger partial charge is 0.342 e. The molecule has 1 amide bonds. The Hall–Kier alpha value is -2.20. The van der Waals surface area contributed by atoms with E-state index < -0.39 is 4.92 Å². The maximum absolute atomic E-state index is 12.0. The van der Waals surface area contributed by atoms with Gasteiger partial charge in [0, 0.05) is 32.3 Å². The molecule has 0 aliphatic carbocycles. The van der Waals surface area contributed by atoms with E-state index >= 15 is 0 Å². The molecule has 2 aliphatic rings. The molecule has 1 aromatic heterocycles. The van der Waals surface area contributed by atoms with Crippen molar-refractivity contribution in [3.63, 3.8) is 0 Å². The van der Waals surface area contributed by atoms with Crippen molar-refractivity contribution in [2.75, 3.05) is 26.2 Å². The number of aromatic nitrogens is 2. The Labute approximate surface area is 130 Å². The zero-order valence-electron chi connectivity index (χ0n) is 11.9. The van der Waals surface area contributed by atoms with Gasteiger partial charge < -0.3 is 20.3 Å². The number of piperazine rings is 1. The molecule has 0 radical (unpaired) electrons. The molecule has 3 rings (SSSR count). The second kappa shape index (κ2) is 5.89. The molecule has 22 heavy (non-hydrogen) atoms. The van der Waals surface area contributed by atoms with Crippen molar-refractivity contribution in [2.45, 2.75) is 0 Å². The molecule has 0 atom stereocenters. The average Bonchev–Trinajstić information content (AvgIpc) is 3.05. The zero-order chi connectivity index (χ0) is 15.7. The minimum absolute atomic E-state index is 0.120. The minimum atomic E-state index is -0.513. The number of nitro groups is 1. The van der Waals surface area contributed by atoms with Gasteiger partial charge >= 0.3 is 5.82 Å². The zero-order valence-corrected chi connectivity index (χ0v) is 12.7. The van der Waals surface area contributed by atoms with Gasteiger partial charge in [-0.2, -0.15) is 4.99 Å². The van der Waals surface area contributed by atoms with Gasteiger partial charge in [0.15, 0.2) is 5.17 Å². The van der Waals surface area contributed by atoms with Crippen LogP contribution in [0.1, 0.15) is 5.82 Å². The predicted octanol–water partition coefficient (Wildman–Crippen LogP) is 0.204. The van der Waals surface area contributed by atoms with Crippen LogP contribution in [0.25, 0.3) is 6.08 Å². The number of nitrogens with one attached hydrogen (secondary N) is 1. The molecular weight excluding hydrogens is 308 g/mol. The van der Waals surface area contributed by atoms with Crippen molar-refractivity contribution in [2.24, 2.45) is 12.0 Å². The van der Waals surface area contributed by atoms with Crippen molar-refractivity contribution in [3.05, 3.63) is 27.0 Å². The van der Waals surface area contributed by atoms with Crippen molar-refractivity contribution < 1.29 is 9.72 Å².